The van der Waals surface area contributed by atoms with E-state index in [1.807, 2.05) is 6.92 Å². The summed E-state index contributed by atoms with van der Waals surface area (Å²) in [6.07, 6.45) is 7.66. The molecule has 1 aromatic heterocycles. The molecular formula is C13H15ClN4O2S. The highest BCUT2D eigenvalue weighted by molar-refractivity contribution is 7.15. The molecule has 1 aromatic rings. The molecule has 8 heteroatoms. The fourth-order valence-electron chi connectivity index (χ4n) is 2.43. The predicted molar refractivity (Wildman–Crippen MR) is 85.6 cm³/mol. The number of hydrogen-bond acceptors (Lipinski definition) is 6. The number of rotatable bonds is 6. The topological polar surface area (TPSA) is 80.8 Å². The predicted octanol–water partition coefficient (Wildman–Crippen LogP) is 2.84. The molecule has 0 aromatic carbocycles. The lowest BCUT2D eigenvalue weighted by atomic mass is 9.84. The average molecular weight is 327 g/mol. The van der Waals surface area contributed by atoms with E-state index in [4.69, 9.17) is 11.6 Å². The van der Waals surface area contributed by atoms with Crippen molar-refractivity contribution >= 4 is 34.9 Å². The maximum Gasteiger partial charge on any atom is 0.278 e. The summed E-state index contributed by atoms with van der Waals surface area (Å²) in [6, 6.07) is -0.983. The third kappa shape index (κ3) is 3.19. The molecule has 2 rings (SSSR count). The van der Waals surface area contributed by atoms with Crippen molar-refractivity contribution in [1.82, 2.24) is 4.98 Å². The second kappa shape index (κ2) is 6.44. The van der Waals surface area contributed by atoms with E-state index in [-0.39, 0.29) is 4.92 Å². The van der Waals surface area contributed by atoms with Crippen molar-refractivity contribution in [3.63, 3.8) is 0 Å². The molecule has 0 amide bonds. The first kappa shape index (κ1) is 15.8. The molecule has 2 heterocycles. The van der Waals surface area contributed by atoms with Crippen molar-refractivity contribution < 1.29 is 4.92 Å². The van der Waals surface area contributed by atoms with Crippen molar-refractivity contribution in [3.8, 4) is 0 Å². The van der Waals surface area contributed by atoms with Gasteiger partial charge in [0.2, 0.25) is 0 Å². The summed E-state index contributed by atoms with van der Waals surface area (Å²) in [5.74, 6) is 0. The van der Waals surface area contributed by atoms with Crippen LogP contribution < -0.4 is 0 Å². The van der Waals surface area contributed by atoms with Crippen molar-refractivity contribution in [2.45, 2.75) is 31.3 Å². The summed E-state index contributed by atoms with van der Waals surface area (Å²) in [5.41, 5.74) is -0.377. The first-order valence-electron chi connectivity index (χ1n) is 6.44. The fourth-order valence-corrected chi connectivity index (χ4v) is 3.43. The average Bonchev–Trinajstić information content (AvgIpc) is 3.07. The van der Waals surface area contributed by atoms with Crippen LogP contribution >= 0.6 is 22.9 Å². The molecule has 0 radical (unpaired) electrons. The molecule has 112 valence electrons. The van der Waals surface area contributed by atoms with E-state index in [0.29, 0.717) is 23.0 Å². The molecule has 0 bridgehead atoms. The van der Waals surface area contributed by atoms with Crippen molar-refractivity contribution in [2.75, 3.05) is 7.05 Å². The smallest absolute Gasteiger partial charge is 0.278 e. The molecule has 0 saturated carbocycles. The van der Waals surface area contributed by atoms with Crippen LogP contribution in [0.2, 0.25) is 4.47 Å². The number of nitro groups is 1. The summed E-state index contributed by atoms with van der Waals surface area (Å²) in [7, 11) is 1.57. The first-order chi connectivity index (χ1) is 10.0. The number of hydrogen-bond donors (Lipinski definition) is 0. The van der Waals surface area contributed by atoms with Crippen LogP contribution in [0.5, 0.6) is 0 Å². The van der Waals surface area contributed by atoms with Gasteiger partial charge in [0.05, 0.1) is 5.71 Å². The van der Waals surface area contributed by atoms with Gasteiger partial charge in [-0.1, -0.05) is 18.5 Å². The number of aliphatic imine (C=N–C) groups is 2. The highest BCUT2D eigenvalue weighted by Crippen LogP contribution is 2.30. The molecule has 0 fully saturated rings. The number of nitrogens with zero attached hydrogens (tertiary/aromatic N) is 4. The molecule has 2 unspecified atom stereocenters. The Labute approximate surface area is 131 Å². The number of thiazole rings is 1. The van der Waals surface area contributed by atoms with Crippen molar-refractivity contribution in [2.24, 2.45) is 9.98 Å². The number of halogens is 1. The van der Waals surface area contributed by atoms with Gasteiger partial charge in [-0.2, -0.15) is 0 Å². The van der Waals surface area contributed by atoms with Gasteiger partial charge in [0.1, 0.15) is 0 Å². The Kier molecular flexibility index (Phi) is 4.84. The SMILES string of the molecule is CCC1(C(C(Cc2cnc(Cl)s2)=NC)[N+](=O)[O-])C=CC=N1. The summed E-state index contributed by atoms with van der Waals surface area (Å²) in [4.78, 5) is 24.6. The normalized spacial score (nSPS) is 22.7. The van der Waals surface area contributed by atoms with Crippen LogP contribution in [-0.2, 0) is 6.42 Å². The minimum absolute atomic E-state index is 0.304. The Bertz CT molecular complexity index is 611. The molecule has 1 aliphatic heterocycles. The maximum atomic E-state index is 11.6. The van der Waals surface area contributed by atoms with E-state index in [1.165, 1.54) is 11.3 Å². The number of allylic oxidation sites excluding steroid dienone is 1. The largest absolute Gasteiger partial charge is 0.290 e. The van der Waals surface area contributed by atoms with Gasteiger partial charge in [0.15, 0.2) is 10.0 Å². The van der Waals surface area contributed by atoms with Gasteiger partial charge in [0.25, 0.3) is 6.04 Å². The lowest BCUT2D eigenvalue weighted by Crippen LogP contribution is -2.49. The highest BCUT2D eigenvalue weighted by Gasteiger charge is 2.47. The van der Waals surface area contributed by atoms with Crippen LogP contribution in [0, 0.1) is 10.1 Å². The minimum atomic E-state index is -0.983. The highest BCUT2D eigenvalue weighted by atomic mass is 35.5. The first-order valence-corrected chi connectivity index (χ1v) is 7.64. The van der Waals surface area contributed by atoms with Gasteiger partial charge in [-0.25, -0.2) is 4.98 Å². The minimum Gasteiger partial charge on any atom is -0.290 e. The van der Waals surface area contributed by atoms with E-state index in [2.05, 4.69) is 15.0 Å². The molecule has 21 heavy (non-hydrogen) atoms. The van der Waals surface area contributed by atoms with E-state index in [0.717, 1.165) is 4.88 Å². The lowest BCUT2D eigenvalue weighted by molar-refractivity contribution is -0.511. The Hall–Kier alpha value is -1.60. The Morgan fingerprint density at radius 3 is 2.86 bits per heavy atom. The Balaban J connectivity index is 2.34. The molecule has 6 nitrogen and oxygen atoms in total. The fraction of sp³-hybridized carbons (Fsp3) is 0.462. The summed E-state index contributed by atoms with van der Waals surface area (Å²) in [6.45, 7) is 1.89. The van der Waals surface area contributed by atoms with Gasteiger partial charge in [0, 0.05) is 35.7 Å². The van der Waals surface area contributed by atoms with Gasteiger partial charge < -0.3 is 0 Å². The van der Waals surface area contributed by atoms with E-state index >= 15 is 0 Å². The molecule has 0 saturated heterocycles. The lowest BCUT2D eigenvalue weighted by Gasteiger charge is -2.26. The zero-order valence-electron chi connectivity index (χ0n) is 11.7. The third-order valence-electron chi connectivity index (χ3n) is 3.52. The zero-order chi connectivity index (χ0) is 15.5. The molecule has 1 aliphatic rings. The van der Waals surface area contributed by atoms with Crippen LogP contribution in [0.25, 0.3) is 0 Å². The number of aromatic nitrogens is 1. The Morgan fingerprint density at radius 2 is 2.43 bits per heavy atom. The molecule has 0 spiro atoms. The molecule has 0 aliphatic carbocycles. The van der Waals surface area contributed by atoms with Gasteiger partial charge in [-0.05, 0) is 18.6 Å². The second-order valence-electron chi connectivity index (χ2n) is 4.64. The van der Waals surface area contributed by atoms with Gasteiger partial charge >= 0.3 is 0 Å². The van der Waals surface area contributed by atoms with Crippen LogP contribution in [-0.4, -0.2) is 40.5 Å². The van der Waals surface area contributed by atoms with Gasteiger partial charge in [-0.15, -0.1) is 11.3 Å². The molecule has 0 N–H and O–H groups in total. The monoisotopic (exact) mass is 326 g/mol. The third-order valence-corrected chi connectivity index (χ3v) is 4.63. The Morgan fingerprint density at radius 1 is 1.67 bits per heavy atom. The van der Waals surface area contributed by atoms with E-state index in [9.17, 15) is 10.1 Å². The standard InChI is InChI=1S/C13H15ClN4O2S/c1-3-13(5-4-6-17-13)11(18(19)20)10(15-2)7-9-8-16-12(14)21-9/h4-6,8,11H,3,7H2,1-2H3. The van der Waals surface area contributed by atoms with Crippen molar-refractivity contribution in [1.29, 1.82) is 0 Å². The maximum absolute atomic E-state index is 11.6. The summed E-state index contributed by atoms with van der Waals surface area (Å²) < 4.78 is 0.419. The quantitative estimate of drug-likeness (QED) is 0.458. The van der Waals surface area contributed by atoms with E-state index < -0.39 is 11.6 Å². The summed E-state index contributed by atoms with van der Waals surface area (Å²) >= 11 is 7.11. The summed E-state index contributed by atoms with van der Waals surface area (Å²) in [5, 5.41) is 11.6. The molecular weight excluding hydrogens is 312 g/mol. The second-order valence-corrected chi connectivity index (χ2v) is 6.34. The zero-order valence-corrected chi connectivity index (χ0v) is 13.3. The van der Waals surface area contributed by atoms with Crippen LogP contribution in [0.4, 0.5) is 0 Å². The van der Waals surface area contributed by atoms with Gasteiger partial charge in [-0.3, -0.25) is 20.1 Å². The van der Waals surface area contributed by atoms with Crippen LogP contribution in [0.3, 0.4) is 0 Å². The van der Waals surface area contributed by atoms with Crippen LogP contribution in [0.15, 0.2) is 28.3 Å². The van der Waals surface area contributed by atoms with E-state index in [1.54, 1.807) is 31.6 Å². The van der Waals surface area contributed by atoms with Crippen LogP contribution in [0.1, 0.15) is 18.2 Å². The molecule has 2 atom stereocenters. The van der Waals surface area contributed by atoms with Crippen molar-refractivity contribution in [3.05, 3.63) is 37.8 Å².